The van der Waals surface area contributed by atoms with E-state index in [0.717, 1.165) is 51.7 Å². The number of carbonyl (C=O) groups excluding carboxylic acids is 1. The van der Waals surface area contributed by atoms with Crippen LogP contribution in [-0.4, -0.2) is 37.1 Å². The van der Waals surface area contributed by atoms with Crippen LogP contribution in [0.5, 0.6) is 0 Å². The van der Waals surface area contributed by atoms with Crippen molar-refractivity contribution in [2.24, 2.45) is 5.92 Å². The predicted octanol–water partition coefficient (Wildman–Crippen LogP) is 6.04. The second-order valence-corrected chi connectivity index (χ2v) is 9.27. The van der Waals surface area contributed by atoms with E-state index in [0.29, 0.717) is 6.61 Å². The van der Waals surface area contributed by atoms with Gasteiger partial charge in [0.15, 0.2) is 0 Å². The van der Waals surface area contributed by atoms with Crippen molar-refractivity contribution in [3.8, 4) is 0 Å². The molecule has 0 bridgehead atoms. The van der Waals surface area contributed by atoms with Crippen LogP contribution in [0.1, 0.15) is 48.4 Å². The summed E-state index contributed by atoms with van der Waals surface area (Å²) in [6.07, 6.45) is 7.57. The lowest BCUT2D eigenvalue weighted by Gasteiger charge is -2.31. The lowest BCUT2D eigenvalue weighted by Crippen LogP contribution is -2.39. The van der Waals surface area contributed by atoms with Crippen LogP contribution in [0.2, 0.25) is 0 Å². The quantitative estimate of drug-likeness (QED) is 0.454. The molecule has 170 valence electrons. The van der Waals surface area contributed by atoms with Crippen molar-refractivity contribution in [2.75, 3.05) is 26.2 Å². The van der Waals surface area contributed by atoms with Crippen molar-refractivity contribution in [1.29, 1.82) is 0 Å². The largest absolute Gasteiger partial charge is 0.466 e. The van der Waals surface area contributed by atoms with E-state index in [1.807, 2.05) is 6.92 Å². The monoisotopic (exact) mass is 439 g/mol. The summed E-state index contributed by atoms with van der Waals surface area (Å²) in [6.45, 7) is 5.21. The number of piperidine rings is 1. The molecule has 1 atom stereocenters. The number of hydrogen-bond acceptors (Lipinski definition) is 3. The van der Waals surface area contributed by atoms with Gasteiger partial charge < -0.3 is 9.64 Å². The first-order chi connectivity index (χ1) is 16.2. The number of nitrogens with zero attached hydrogens (tertiary/aromatic N) is 1. The van der Waals surface area contributed by atoms with E-state index < -0.39 is 0 Å². The Balaban J connectivity index is 1.42. The molecule has 1 aliphatic carbocycles. The van der Waals surface area contributed by atoms with Crippen LogP contribution in [-0.2, 0) is 22.4 Å². The van der Waals surface area contributed by atoms with Gasteiger partial charge in [-0.3, -0.25) is 4.79 Å². The molecule has 0 unspecified atom stereocenters. The molecule has 3 aromatic rings. The fourth-order valence-electron chi connectivity index (χ4n) is 5.59. The lowest BCUT2D eigenvalue weighted by molar-refractivity contribution is -0.149. The van der Waals surface area contributed by atoms with Crippen molar-refractivity contribution in [3.05, 3.63) is 89.0 Å². The number of likely N-dealkylation sites (tertiary alicyclic amines) is 1. The van der Waals surface area contributed by atoms with E-state index in [1.54, 1.807) is 0 Å². The summed E-state index contributed by atoms with van der Waals surface area (Å²) in [7, 11) is 0. The highest BCUT2D eigenvalue weighted by molar-refractivity contribution is 5.94. The van der Waals surface area contributed by atoms with E-state index in [2.05, 4.69) is 71.6 Å². The smallest absolute Gasteiger partial charge is 0.310 e. The first kappa shape index (κ1) is 21.9. The van der Waals surface area contributed by atoms with Gasteiger partial charge in [0.25, 0.3) is 0 Å². The van der Waals surface area contributed by atoms with Crippen molar-refractivity contribution in [2.45, 2.75) is 39.0 Å². The van der Waals surface area contributed by atoms with Crippen molar-refractivity contribution in [3.63, 3.8) is 0 Å². The molecule has 1 fully saturated rings. The highest BCUT2D eigenvalue weighted by Gasteiger charge is 2.26. The molecular formula is C30H33NO2. The lowest BCUT2D eigenvalue weighted by atomic mass is 9.90. The molecule has 0 aromatic heterocycles. The molecule has 3 nitrogen and oxygen atoms in total. The average Bonchev–Trinajstić information content (AvgIpc) is 3.02. The Bertz CT molecular complexity index is 1180. The molecule has 0 saturated carbocycles. The van der Waals surface area contributed by atoms with Gasteiger partial charge in [-0.15, -0.1) is 0 Å². The second kappa shape index (κ2) is 9.93. The third-order valence-electron chi connectivity index (χ3n) is 7.20. The topological polar surface area (TPSA) is 29.5 Å². The fourth-order valence-corrected chi connectivity index (χ4v) is 5.59. The summed E-state index contributed by atoms with van der Waals surface area (Å²) in [6, 6.07) is 22.2. The maximum Gasteiger partial charge on any atom is 0.310 e. The number of benzene rings is 3. The third kappa shape index (κ3) is 4.60. The van der Waals surface area contributed by atoms with E-state index in [-0.39, 0.29) is 11.9 Å². The normalized spacial score (nSPS) is 19.7. The highest BCUT2D eigenvalue weighted by atomic mass is 16.5. The molecule has 5 rings (SSSR count). The molecule has 0 amide bonds. The van der Waals surface area contributed by atoms with Crippen LogP contribution in [0.25, 0.3) is 16.3 Å². The number of fused-ring (bicyclic) bond motifs is 4. The highest BCUT2D eigenvalue weighted by Crippen LogP contribution is 2.37. The first-order valence-electron chi connectivity index (χ1n) is 12.4. The Labute approximate surface area is 197 Å². The SMILES string of the molecule is CCOC(=O)[C@@H]1CCCN(CCC=C2c3ccccc3CCc3c2ccc2ccccc32)C1. The molecule has 1 saturated heterocycles. The Hall–Kier alpha value is -2.91. The van der Waals surface area contributed by atoms with Crippen molar-refractivity contribution < 1.29 is 9.53 Å². The Kier molecular flexibility index (Phi) is 6.59. The van der Waals surface area contributed by atoms with Crippen LogP contribution >= 0.6 is 0 Å². The minimum Gasteiger partial charge on any atom is -0.466 e. The van der Waals surface area contributed by atoms with Gasteiger partial charge in [-0.1, -0.05) is 66.7 Å². The summed E-state index contributed by atoms with van der Waals surface area (Å²) in [4.78, 5) is 14.7. The number of rotatable bonds is 5. The zero-order chi connectivity index (χ0) is 22.6. The number of carbonyl (C=O) groups is 1. The first-order valence-corrected chi connectivity index (χ1v) is 12.4. The van der Waals surface area contributed by atoms with Gasteiger partial charge in [0.1, 0.15) is 0 Å². The van der Waals surface area contributed by atoms with Gasteiger partial charge in [-0.2, -0.15) is 0 Å². The number of ether oxygens (including phenoxy) is 1. The Morgan fingerprint density at radius 2 is 1.88 bits per heavy atom. The maximum absolute atomic E-state index is 12.2. The predicted molar refractivity (Wildman–Crippen MR) is 135 cm³/mol. The van der Waals surface area contributed by atoms with Gasteiger partial charge in [-0.25, -0.2) is 0 Å². The summed E-state index contributed by atoms with van der Waals surface area (Å²) >= 11 is 0. The van der Waals surface area contributed by atoms with E-state index in [1.165, 1.54) is 38.6 Å². The molecule has 3 heteroatoms. The summed E-state index contributed by atoms with van der Waals surface area (Å²) in [5, 5.41) is 2.70. The van der Waals surface area contributed by atoms with Crippen molar-refractivity contribution in [1.82, 2.24) is 4.90 Å². The molecular weight excluding hydrogens is 406 g/mol. The molecule has 1 aliphatic heterocycles. The van der Waals surface area contributed by atoms with Crippen molar-refractivity contribution >= 4 is 22.3 Å². The minimum absolute atomic E-state index is 0.0250. The van der Waals surface area contributed by atoms with Crippen LogP contribution in [0.3, 0.4) is 0 Å². The molecule has 2 aliphatic rings. The molecule has 33 heavy (non-hydrogen) atoms. The van der Waals surface area contributed by atoms with Gasteiger partial charge in [-0.05, 0) is 84.2 Å². The summed E-state index contributed by atoms with van der Waals surface area (Å²) in [5.41, 5.74) is 7.01. The fraction of sp³-hybridized carbons (Fsp3) is 0.367. The average molecular weight is 440 g/mol. The number of aryl methyl sites for hydroxylation is 2. The molecule has 3 aromatic carbocycles. The third-order valence-corrected chi connectivity index (χ3v) is 7.20. The second-order valence-electron chi connectivity index (χ2n) is 9.27. The van der Waals surface area contributed by atoms with Crippen LogP contribution in [0.4, 0.5) is 0 Å². The Morgan fingerprint density at radius 3 is 2.79 bits per heavy atom. The molecule has 0 radical (unpaired) electrons. The number of hydrogen-bond donors (Lipinski definition) is 0. The maximum atomic E-state index is 12.2. The van der Waals surface area contributed by atoms with Gasteiger partial charge >= 0.3 is 5.97 Å². The standard InChI is InChI=1S/C30H33NO2/c1-2-33-30(32)24-11-7-19-31(21-24)20-8-14-27-25-12-5-3-9-22(25)15-17-28-26-13-6-4-10-23(26)16-18-29(27)28/h3-6,9-10,12-14,16,18,24H,2,7-8,11,15,17,19-21H2,1H3/t24-/m1/s1. The summed E-state index contributed by atoms with van der Waals surface area (Å²) < 4.78 is 5.28. The van der Waals surface area contributed by atoms with E-state index in [4.69, 9.17) is 4.74 Å². The number of esters is 1. The van der Waals surface area contributed by atoms with Gasteiger partial charge in [0.2, 0.25) is 0 Å². The van der Waals surface area contributed by atoms with E-state index >= 15 is 0 Å². The van der Waals surface area contributed by atoms with Gasteiger partial charge in [0, 0.05) is 13.1 Å². The summed E-state index contributed by atoms with van der Waals surface area (Å²) in [5.74, 6) is -0.00361. The van der Waals surface area contributed by atoms with Crippen LogP contribution in [0.15, 0.2) is 66.7 Å². The van der Waals surface area contributed by atoms with Crippen LogP contribution in [0, 0.1) is 5.92 Å². The van der Waals surface area contributed by atoms with E-state index in [9.17, 15) is 4.79 Å². The van der Waals surface area contributed by atoms with Gasteiger partial charge in [0.05, 0.1) is 12.5 Å². The zero-order valence-electron chi connectivity index (χ0n) is 19.6. The van der Waals surface area contributed by atoms with Crippen LogP contribution < -0.4 is 0 Å². The molecule has 0 spiro atoms. The Morgan fingerprint density at radius 1 is 1.03 bits per heavy atom. The molecule has 0 N–H and O–H groups in total. The molecule has 1 heterocycles. The minimum atomic E-state index is -0.0287. The zero-order valence-corrected chi connectivity index (χ0v) is 19.6.